The molecule has 2 aromatic heterocycles. The number of pyridine rings is 1. The lowest BCUT2D eigenvalue weighted by atomic mass is 9.96. The number of H-pyrrole nitrogens is 1. The summed E-state index contributed by atoms with van der Waals surface area (Å²) in [6, 6.07) is 20.9. The molecule has 0 saturated heterocycles. The molecule has 3 heterocycles. The summed E-state index contributed by atoms with van der Waals surface area (Å²) >= 11 is 0. The second kappa shape index (κ2) is 7.22. The third-order valence-corrected chi connectivity index (χ3v) is 5.69. The van der Waals surface area contributed by atoms with Crippen LogP contribution in [0.15, 0.2) is 60.7 Å². The molecule has 1 aliphatic heterocycles. The third kappa shape index (κ3) is 3.21. The lowest BCUT2D eigenvalue weighted by Gasteiger charge is -2.32. The first-order valence-corrected chi connectivity index (χ1v) is 9.91. The first kappa shape index (κ1) is 17.7. The minimum Gasteiger partial charge on any atom is -0.384 e. The van der Waals surface area contributed by atoms with E-state index in [-0.39, 0.29) is 0 Å². The first-order chi connectivity index (χ1) is 14.2. The third-order valence-electron chi connectivity index (χ3n) is 5.69. The van der Waals surface area contributed by atoms with Gasteiger partial charge in [0, 0.05) is 37.9 Å². The molecule has 6 heteroatoms. The summed E-state index contributed by atoms with van der Waals surface area (Å²) in [6.45, 7) is 2.75. The number of nitrogen functional groups attached to an aromatic ring is 1. The van der Waals surface area contributed by atoms with E-state index < -0.39 is 0 Å². The Morgan fingerprint density at radius 1 is 1.03 bits per heavy atom. The molecule has 0 unspecified atom stereocenters. The average Bonchev–Trinajstić information content (AvgIpc) is 3.15. The molecule has 0 fully saturated rings. The molecule has 2 aromatic carbocycles. The molecule has 4 aromatic rings. The highest BCUT2D eigenvalue weighted by Crippen LogP contribution is 2.37. The maximum absolute atomic E-state index is 6.21. The zero-order valence-electron chi connectivity index (χ0n) is 16.5. The van der Waals surface area contributed by atoms with Crippen LogP contribution in [0.2, 0.25) is 0 Å². The summed E-state index contributed by atoms with van der Waals surface area (Å²) in [6.07, 6.45) is 0.931. The highest BCUT2D eigenvalue weighted by molar-refractivity contribution is 5.92. The number of benzene rings is 2. The van der Waals surface area contributed by atoms with Crippen molar-refractivity contribution in [1.82, 2.24) is 20.1 Å². The van der Waals surface area contributed by atoms with Crippen LogP contribution in [0.25, 0.3) is 11.0 Å². The molecule has 146 valence electrons. The molecule has 0 atom stereocenters. The predicted molar refractivity (Wildman–Crippen MR) is 117 cm³/mol. The topological polar surface area (TPSA) is 74.1 Å². The molecule has 0 bridgehead atoms. The van der Waals surface area contributed by atoms with Gasteiger partial charge in [0.1, 0.15) is 11.6 Å². The van der Waals surface area contributed by atoms with Crippen molar-refractivity contribution >= 4 is 28.4 Å². The molecule has 6 nitrogen and oxygen atoms in total. The smallest absolute Gasteiger partial charge is 0.185 e. The van der Waals surface area contributed by atoms with Crippen LogP contribution in [-0.4, -0.2) is 33.7 Å². The number of nitrogens with two attached hydrogens (primary N) is 1. The van der Waals surface area contributed by atoms with Crippen molar-refractivity contribution in [3.63, 3.8) is 0 Å². The van der Waals surface area contributed by atoms with Gasteiger partial charge in [-0.15, -0.1) is 0 Å². The highest BCUT2D eigenvalue weighted by Gasteiger charge is 2.27. The molecule has 3 N–H and O–H groups in total. The first-order valence-electron chi connectivity index (χ1n) is 9.91. The van der Waals surface area contributed by atoms with Crippen LogP contribution in [0.1, 0.15) is 16.7 Å². The molecule has 0 radical (unpaired) electrons. The standard InChI is InChI=1S/C23H24N6/c1-28(17-10-6-3-7-11-17)23-19-15-29(14-16-8-4-2-5-9-16)13-12-18(19)20-21(24)26-27-22(20)25-23/h2-11H,12-15H2,1H3,(H3,24,25,26,27). The van der Waals surface area contributed by atoms with E-state index in [9.17, 15) is 0 Å². The van der Waals surface area contributed by atoms with Crippen molar-refractivity contribution < 1.29 is 0 Å². The van der Waals surface area contributed by atoms with E-state index in [1.165, 1.54) is 16.7 Å². The Morgan fingerprint density at radius 3 is 2.52 bits per heavy atom. The van der Waals surface area contributed by atoms with E-state index in [4.69, 9.17) is 10.7 Å². The Morgan fingerprint density at radius 2 is 1.76 bits per heavy atom. The van der Waals surface area contributed by atoms with Gasteiger partial charge in [-0.3, -0.25) is 10.00 Å². The number of fused-ring (bicyclic) bond motifs is 3. The predicted octanol–water partition coefficient (Wildman–Crippen LogP) is 3.87. The van der Waals surface area contributed by atoms with Crippen LogP contribution in [0.5, 0.6) is 0 Å². The number of anilines is 3. The van der Waals surface area contributed by atoms with Gasteiger partial charge in [-0.2, -0.15) is 5.10 Å². The average molecular weight is 384 g/mol. The summed E-state index contributed by atoms with van der Waals surface area (Å²) in [7, 11) is 2.07. The summed E-state index contributed by atoms with van der Waals surface area (Å²) in [5.41, 5.74) is 11.8. The monoisotopic (exact) mass is 384 g/mol. The van der Waals surface area contributed by atoms with E-state index in [1.807, 2.05) is 18.2 Å². The molecule has 1 aliphatic rings. The highest BCUT2D eigenvalue weighted by atomic mass is 15.2. The van der Waals surface area contributed by atoms with Gasteiger partial charge in [-0.05, 0) is 29.7 Å². The summed E-state index contributed by atoms with van der Waals surface area (Å²) in [5.74, 6) is 1.55. The van der Waals surface area contributed by atoms with Crippen molar-refractivity contribution in [3.8, 4) is 0 Å². The summed E-state index contributed by atoms with van der Waals surface area (Å²) in [4.78, 5) is 9.53. The molecule has 5 rings (SSSR count). The van der Waals surface area contributed by atoms with Crippen molar-refractivity contribution in [2.24, 2.45) is 0 Å². The van der Waals surface area contributed by atoms with Gasteiger partial charge in [-0.25, -0.2) is 4.98 Å². The zero-order valence-corrected chi connectivity index (χ0v) is 16.5. The molecule has 29 heavy (non-hydrogen) atoms. The minimum absolute atomic E-state index is 0.606. The SMILES string of the molecule is CN(c1ccccc1)c1nc2n[nH]c(N)c2c2c1CN(Cc1ccccc1)CC2. The van der Waals surface area contributed by atoms with Gasteiger partial charge in [-0.1, -0.05) is 48.5 Å². The number of aromatic amines is 1. The van der Waals surface area contributed by atoms with Crippen LogP contribution in [0, 0.1) is 0 Å². The molecule has 0 spiro atoms. The molecular weight excluding hydrogens is 360 g/mol. The molecule has 0 amide bonds. The largest absolute Gasteiger partial charge is 0.384 e. The number of hydrogen-bond acceptors (Lipinski definition) is 5. The summed E-state index contributed by atoms with van der Waals surface area (Å²) in [5, 5.41) is 8.24. The Kier molecular flexibility index (Phi) is 4.41. The molecule has 0 aliphatic carbocycles. The van der Waals surface area contributed by atoms with Crippen molar-refractivity contribution in [2.45, 2.75) is 19.5 Å². The maximum Gasteiger partial charge on any atom is 0.185 e. The Labute approximate surface area is 170 Å². The van der Waals surface area contributed by atoms with Crippen molar-refractivity contribution in [3.05, 3.63) is 77.4 Å². The maximum atomic E-state index is 6.21. The van der Waals surface area contributed by atoms with Crippen LogP contribution in [0.3, 0.4) is 0 Å². The van der Waals surface area contributed by atoms with Crippen LogP contribution in [-0.2, 0) is 19.5 Å². The van der Waals surface area contributed by atoms with Gasteiger partial charge in [0.15, 0.2) is 5.65 Å². The Balaban J connectivity index is 1.58. The molecule has 0 saturated carbocycles. The van der Waals surface area contributed by atoms with Gasteiger partial charge in [0.05, 0.1) is 5.39 Å². The van der Waals surface area contributed by atoms with Gasteiger partial charge < -0.3 is 10.6 Å². The number of nitrogens with zero attached hydrogens (tertiary/aromatic N) is 4. The Bertz CT molecular complexity index is 1140. The fourth-order valence-corrected chi connectivity index (χ4v) is 4.22. The van der Waals surface area contributed by atoms with Gasteiger partial charge in [0.25, 0.3) is 0 Å². The van der Waals surface area contributed by atoms with E-state index >= 15 is 0 Å². The van der Waals surface area contributed by atoms with Crippen molar-refractivity contribution in [2.75, 3.05) is 24.2 Å². The minimum atomic E-state index is 0.606. The number of hydrogen-bond donors (Lipinski definition) is 2. The van der Waals surface area contributed by atoms with Gasteiger partial charge in [0.2, 0.25) is 0 Å². The lowest BCUT2D eigenvalue weighted by molar-refractivity contribution is 0.246. The van der Waals surface area contributed by atoms with Crippen LogP contribution >= 0.6 is 0 Å². The van der Waals surface area contributed by atoms with Crippen LogP contribution in [0.4, 0.5) is 17.3 Å². The fraction of sp³-hybridized carbons (Fsp3) is 0.217. The Hall–Kier alpha value is -3.38. The van der Waals surface area contributed by atoms with Gasteiger partial charge >= 0.3 is 0 Å². The number of nitrogens with one attached hydrogen (secondary N) is 1. The van der Waals surface area contributed by atoms with Crippen LogP contribution < -0.4 is 10.6 Å². The second-order valence-electron chi connectivity index (χ2n) is 7.57. The fourth-order valence-electron chi connectivity index (χ4n) is 4.22. The normalized spacial score (nSPS) is 14.1. The molecular formula is C23H24N6. The lowest BCUT2D eigenvalue weighted by Crippen LogP contribution is -2.32. The number of para-hydroxylation sites is 1. The van der Waals surface area contributed by atoms with E-state index in [0.29, 0.717) is 11.5 Å². The second-order valence-corrected chi connectivity index (χ2v) is 7.57. The van der Waals surface area contributed by atoms with E-state index in [2.05, 4.69) is 69.5 Å². The summed E-state index contributed by atoms with van der Waals surface area (Å²) < 4.78 is 0. The van der Waals surface area contributed by atoms with Crippen molar-refractivity contribution in [1.29, 1.82) is 0 Å². The quantitative estimate of drug-likeness (QED) is 0.559. The van der Waals surface area contributed by atoms with E-state index in [1.54, 1.807) is 0 Å². The van der Waals surface area contributed by atoms with E-state index in [0.717, 1.165) is 42.9 Å². The zero-order chi connectivity index (χ0) is 19.8. The number of aromatic nitrogens is 3. The number of rotatable bonds is 4.